The fourth-order valence-electron chi connectivity index (χ4n) is 1.66. The van der Waals surface area contributed by atoms with Crippen molar-refractivity contribution >= 4 is 44.3 Å². The van der Waals surface area contributed by atoms with Crippen molar-refractivity contribution < 1.29 is 4.74 Å². The molecule has 0 amide bonds. The molecule has 0 aliphatic carbocycles. The molecular formula is C12H13BrIN3O. The van der Waals surface area contributed by atoms with E-state index < -0.39 is 0 Å². The highest BCUT2D eigenvalue weighted by Gasteiger charge is 2.11. The molecule has 0 fully saturated rings. The average Bonchev–Trinajstić information content (AvgIpc) is 2.60. The van der Waals surface area contributed by atoms with E-state index in [2.05, 4.69) is 43.6 Å². The van der Waals surface area contributed by atoms with Gasteiger partial charge in [-0.15, -0.1) is 0 Å². The molecule has 1 aromatic carbocycles. The summed E-state index contributed by atoms with van der Waals surface area (Å²) < 4.78 is 9.05. The summed E-state index contributed by atoms with van der Waals surface area (Å²) in [5.41, 5.74) is 8.05. The molecule has 0 spiro atoms. The number of ether oxygens (including phenoxy) is 1. The van der Waals surface area contributed by atoms with Crippen molar-refractivity contribution in [3.05, 3.63) is 37.5 Å². The molecule has 2 aromatic rings. The summed E-state index contributed by atoms with van der Waals surface area (Å²) in [5.74, 6) is 1.52. The Labute approximate surface area is 128 Å². The second kappa shape index (κ2) is 5.48. The van der Waals surface area contributed by atoms with Gasteiger partial charge in [0.1, 0.15) is 11.6 Å². The van der Waals surface area contributed by atoms with E-state index in [9.17, 15) is 0 Å². The fourth-order valence-corrected chi connectivity index (χ4v) is 2.42. The van der Waals surface area contributed by atoms with Crippen molar-refractivity contribution in [1.29, 1.82) is 0 Å². The van der Waals surface area contributed by atoms with Gasteiger partial charge in [-0.05, 0) is 53.3 Å². The maximum Gasteiger partial charge on any atom is 0.135 e. The van der Waals surface area contributed by atoms with Gasteiger partial charge in [0.25, 0.3) is 0 Å². The molecule has 1 heterocycles. The van der Waals surface area contributed by atoms with Gasteiger partial charge >= 0.3 is 0 Å². The molecule has 2 N–H and O–H groups in total. The van der Waals surface area contributed by atoms with E-state index in [1.165, 1.54) is 0 Å². The summed E-state index contributed by atoms with van der Waals surface area (Å²) in [6.07, 6.45) is 0. The number of nitrogen functional groups attached to an aromatic ring is 1. The Morgan fingerprint density at radius 2 is 2.22 bits per heavy atom. The van der Waals surface area contributed by atoms with Crippen LogP contribution < -0.4 is 10.5 Å². The Morgan fingerprint density at radius 3 is 2.78 bits per heavy atom. The molecule has 0 atom stereocenters. The number of nitrogens with zero attached hydrogens (tertiary/aromatic N) is 2. The van der Waals surface area contributed by atoms with Crippen LogP contribution in [0.15, 0.2) is 22.7 Å². The molecule has 1 aromatic heterocycles. The van der Waals surface area contributed by atoms with E-state index in [-0.39, 0.29) is 0 Å². The maximum atomic E-state index is 6.02. The smallest absolute Gasteiger partial charge is 0.135 e. The molecule has 2 rings (SSSR count). The van der Waals surface area contributed by atoms with Crippen LogP contribution in [0.1, 0.15) is 11.3 Å². The topological polar surface area (TPSA) is 53.1 Å². The van der Waals surface area contributed by atoms with E-state index in [1.54, 1.807) is 11.8 Å². The molecule has 0 saturated heterocycles. The summed E-state index contributed by atoms with van der Waals surface area (Å²) in [7, 11) is 1.66. The van der Waals surface area contributed by atoms with Crippen molar-refractivity contribution in [2.45, 2.75) is 13.5 Å². The number of aromatic nitrogens is 2. The fraction of sp³-hybridized carbons (Fsp3) is 0.250. The zero-order valence-electron chi connectivity index (χ0n) is 10.1. The number of anilines is 1. The minimum atomic E-state index is 0.619. The van der Waals surface area contributed by atoms with Crippen molar-refractivity contribution in [2.75, 3.05) is 12.8 Å². The van der Waals surface area contributed by atoms with Crippen molar-refractivity contribution in [2.24, 2.45) is 0 Å². The second-order valence-electron chi connectivity index (χ2n) is 3.90. The van der Waals surface area contributed by atoms with Crippen LogP contribution in [0.25, 0.3) is 0 Å². The third kappa shape index (κ3) is 2.64. The summed E-state index contributed by atoms with van der Waals surface area (Å²) in [6.45, 7) is 2.57. The minimum absolute atomic E-state index is 0.619. The van der Waals surface area contributed by atoms with Gasteiger partial charge in [-0.1, -0.05) is 15.9 Å². The van der Waals surface area contributed by atoms with Gasteiger partial charge in [-0.25, -0.2) is 4.68 Å². The predicted octanol–water partition coefficient (Wildman–Crippen LogP) is 3.20. The molecule has 0 radical (unpaired) electrons. The molecule has 18 heavy (non-hydrogen) atoms. The number of rotatable bonds is 3. The van der Waals surface area contributed by atoms with Crippen LogP contribution in [0, 0.1) is 10.5 Å². The Kier molecular flexibility index (Phi) is 4.16. The number of hydrogen-bond donors (Lipinski definition) is 1. The normalized spacial score (nSPS) is 10.7. The Balaban J connectivity index is 2.36. The van der Waals surface area contributed by atoms with Crippen LogP contribution in [0.3, 0.4) is 0 Å². The first-order chi connectivity index (χ1) is 8.52. The summed E-state index contributed by atoms with van der Waals surface area (Å²) in [5, 5.41) is 4.42. The zero-order valence-corrected chi connectivity index (χ0v) is 13.8. The molecule has 0 aliphatic heterocycles. The third-order valence-corrected chi connectivity index (χ3v) is 4.77. The lowest BCUT2D eigenvalue weighted by Gasteiger charge is -2.08. The third-order valence-electron chi connectivity index (χ3n) is 2.66. The van der Waals surface area contributed by atoms with Crippen LogP contribution >= 0.6 is 38.5 Å². The lowest BCUT2D eigenvalue weighted by molar-refractivity contribution is 0.414. The molecular weight excluding hydrogens is 409 g/mol. The van der Waals surface area contributed by atoms with Gasteiger partial charge in [0.2, 0.25) is 0 Å². The van der Waals surface area contributed by atoms with Crippen LogP contribution in [-0.2, 0) is 6.54 Å². The van der Waals surface area contributed by atoms with Gasteiger partial charge in [-0.3, -0.25) is 0 Å². The number of nitrogens with two attached hydrogens (primary N) is 1. The second-order valence-corrected chi connectivity index (χ2v) is 5.83. The first kappa shape index (κ1) is 13.7. The molecule has 0 saturated carbocycles. The van der Waals surface area contributed by atoms with Gasteiger partial charge < -0.3 is 10.5 Å². The molecule has 4 nitrogen and oxygen atoms in total. The molecule has 0 aliphatic rings. The SMILES string of the molecule is COc1ccc(Br)c(Cn2nc(C)c(I)c2N)c1. The van der Waals surface area contributed by atoms with Gasteiger partial charge in [-0.2, -0.15) is 5.10 Å². The highest BCUT2D eigenvalue weighted by Crippen LogP contribution is 2.25. The number of methoxy groups -OCH3 is 1. The monoisotopic (exact) mass is 421 g/mol. The number of halogens is 2. The first-order valence-corrected chi connectivity index (χ1v) is 7.21. The Morgan fingerprint density at radius 1 is 1.50 bits per heavy atom. The highest BCUT2D eigenvalue weighted by molar-refractivity contribution is 14.1. The van der Waals surface area contributed by atoms with Gasteiger partial charge in [0, 0.05) is 4.47 Å². The van der Waals surface area contributed by atoms with Crippen LogP contribution in [-0.4, -0.2) is 16.9 Å². The van der Waals surface area contributed by atoms with Crippen molar-refractivity contribution in [3.8, 4) is 5.75 Å². The van der Waals surface area contributed by atoms with E-state index in [1.807, 2.05) is 25.1 Å². The Hall–Kier alpha value is -0.760. The standard InChI is InChI=1S/C12H13BrIN3O/c1-7-11(14)12(15)17(16-7)6-8-5-9(18-2)3-4-10(8)13/h3-5H,6,15H2,1-2H3. The number of aryl methyl sites for hydroxylation is 1. The lowest BCUT2D eigenvalue weighted by Crippen LogP contribution is -2.07. The molecule has 6 heteroatoms. The largest absolute Gasteiger partial charge is 0.497 e. The lowest BCUT2D eigenvalue weighted by atomic mass is 10.2. The van der Waals surface area contributed by atoms with E-state index in [0.29, 0.717) is 12.4 Å². The Bertz CT molecular complexity index is 583. The average molecular weight is 422 g/mol. The van der Waals surface area contributed by atoms with E-state index in [0.717, 1.165) is 25.0 Å². The highest BCUT2D eigenvalue weighted by atomic mass is 127. The van der Waals surface area contributed by atoms with E-state index >= 15 is 0 Å². The summed E-state index contributed by atoms with van der Waals surface area (Å²) in [4.78, 5) is 0. The number of benzene rings is 1. The van der Waals surface area contributed by atoms with Crippen LogP contribution in [0.5, 0.6) is 5.75 Å². The first-order valence-electron chi connectivity index (χ1n) is 5.33. The van der Waals surface area contributed by atoms with E-state index in [4.69, 9.17) is 10.5 Å². The number of hydrogen-bond acceptors (Lipinski definition) is 3. The van der Waals surface area contributed by atoms with Crippen LogP contribution in [0.4, 0.5) is 5.82 Å². The van der Waals surface area contributed by atoms with Crippen molar-refractivity contribution in [3.63, 3.8) is 0 Å². The quantitative estimate of drug-likeness (QED) is 0.774. The van der Waals surface area contributed by atoms with Gasteiger partial charge in [0.05, 0.1) is 22.9 Å². The summed E-state index contributed by atoms with van der Waals surface area (Å²) in [6, 6.07) is 5.86. The van der Waals surface area contributed by atoms with Crippen LogP contribution in [0.2, 0.25) is 0 Å². The van der Waals surface area contributed by atoms with Gasteiger partial charge in [0.15, 0.2) is 0 Å². The van der Waals surface area contributed by atoms with Crippen molar-refractivity contribution in [1.82, 2.24) is 9.78 Å². The maximum absolute atomic E-state index is 6.02. The molecule has 0 bridgehead atoms. The zero-order chi connectivity index (χ0) is 13.3. The molecule has 0 unspecified atom stereocenters. The minimum Gasteiger partial charge on any atom is -0.497 e. The predicted molar refractivity (Wildman–Crippen MR) is 83.9 cm³/mol. The molecule has 96 valence electrons. The summed E-state index contributed by atoms with van der Waals surface area (Å²) >= 11 is 5.74.